The van der Waals surface area contributed by atoms with Crippen molar-refractivity contribution < 1.29 is 5.11 Å². The first kappa shape index (κ1) is 13.3. The molecule has 0 aromatic heterocycles. The van der Waals surface area contributed by atoms with E-state index in [2.05, 4.69) is 65.6 Å². The van der Waals surface area contributed by atoms with E-state index in [0.29, 0.717) is 0 Å². The molecular formula is C18H21NO. The second-order valence-electron chi connectivity index (χ2n) is 5.44. The Morgan fingerprint density at radius 1 is 0.950 bits per heavy atom. The molecule has 1 N–H and O–H groups in total. The topological polar surface area (TPSA) is 23.5 Å². The highest BCUT2D eigenvalue weighted by Gasteiger charge is 2.31. The van der Waals surface area contributed by atoms with Crippen molar-refractivity contribution in [2.45, 2.75) is 24.9 Å². The summed E-state index contributed by atoms with van der Waals surface area (Å²) in [4.78, 5) is 2.45. The Labute approximate surface area is 120 Å². The van der Waals surface area contributed by atoms with E-state index in [4.69, 9.17) is 0 Å². The molecule has 1 aliphatic heterocycles. The molecule has 2 aromatic rings. The highest BCUT2D eigenvalue weighted by molar-refractivity contribution is 5.32. The fourth-order valence-electron chi connectivity index (χ4n) is 3.24. The van der Waals surface area contributed by atoms with E-state index < -0.39 is 0 Å². The average molecular weight is 267 g/mol. The fraction of sp³-hybridized carbons (Fsp3) is 0.333. The molecule has 2 aromatic carbocycles. The van der Waals surface area contributed by atoms with Crippen molar-refractivity contribution in [2.24, 2.45) is 0 Å². The Morgan fingerprint density at radius 2 is 1.50 bits per heavy atom. The summed E-state index contributed by atoms with van der Waals surface area (Å²) in [7, 11) is 0. The van der Waals surface area contributed by atoms with Crippen molar-refractivity contribution in [1.29, 1.82) is 0 Å². The second-order valence-corrected chi connectivity index (χ2v) is 5.44. The third kappa shape index (κ3) is 2.62. The Hall–Kier alpha value is -1.64. The van der Waals surface area contributed by atoms with E-state index >= 15 is 0 Å². The van der Waals surface area contributed by atoms with Crippen molar-refractivity contribution >= 4 is 0 Å². The maximum absolute atomic E-state index is 9.64. The van der Waals surface area contributed by atoms with Gasteiger partial charge < -0.3 is 5.11 Å². The molecule has 0 spiro atoms. The van der Waals surface area contributed by atoms with Gasteiger partial charge in [-0.05, 0) is 30.5 Å². The minimum Gasteiger partial charge on any atom is -0.395 e. The van der Waals surface area contributed by atoms with Gasteiger partial charge in [0.1, 0.15) is 0 Å². The number of aliphatic hydroxyl groups excluding tert-OH is 1. The molecule has 1 saturated heterocycles. The van der Waals surface area contributed by atoms with E-state index in [1.165, 1.54) is 17.5 Å². The van der Waals surface area contributed by atoms with Crippen LogP contribution in [-0.4, -0.2) is 29.2 Å². The average Bonchev–Trinajstić information content (AvgIpc) is 2.98. The first-order valence-electron chi connectivity index (χ1n) is 7.36. The van der Waals surface area contributed by atoms with Crippen LogP contribution in [0, 0.1) is 0 Å². The molecule has 104 valence electrons. The van der Waals surface area contributed by atoms with Gasteiger partial charge in [0, 0.05) is 6.04 Å². The van der Waals surface area contributed by atoms with Gasteiger partial charge in [0.25, 0.3) is 0 Å². The molecule has 20 heavy (non-hydrogen) atoms. The summed E-state index contributed by atoms with van der Waals surface area (Å²) in [5, 5.41) is 9.64. The maximum Gasteiger partial charge on any atom is 0.0604 e. The predicted molar refractivity (Wildman–Crippen MR) is 81.5 cm³/mol. The lowest BCUT2D eigenvalue weighted by Crippen LogP contribution is -2.36. The molecule has 0 aliphatic carbocycles. The Kier molecular flexibility index (Phi) is 4.14. The van der Waals surface area contributed by atoms with Gasteiger partial charge in [0.2, 0.25) is 0 Å². The van der Waals surface area contributed by atoms with E-state index in [-0.39, 0.29) is 18.7 Å². The van der Waals surface area contributed by atoms with Crippen LogP contribution in [0.15, 0.2) is 60.7 Å². The Bertz CT molecular complexity index is 486. The molecule has 0 bridgehead atoms. The third-order valence-corrected chi connectivity index (χ3v) is 4.20. The Balaban J connectivity index is 2.00. The lowest BCUT2D eigenvalue weighted by Gasteiger charge is -2.33. The predicted octanol–water partition coefficient (Wildman–Crippen LogP) is 3.23. The van der Waals surface area contributed by atoms with Crippen LogP contribution >= 0.6 is 0 Å². The van der Waals surface area contributed by atoms with E-state index in [1.807, 2.05) is 0 Å². The molecule has 0 radical (unpaired) electrons. The van der Waals surface area contributed by atoms with Crippen molar-refractivity contribution in [2.75, 3.05) is 13.2 Å². The molecule has 1 heterocycles. The molecule has 1 atom stereocenters. The summed E-state index contributed by atoms with van der Waals surface area (Å²) in [6.07, 6.45) is 2.26. The van der Waals surface area contributed by atoms with Gasteiger partial charge >= 0.3 is 0 Å². The van der Waals surface area contributed by atoms with Crippen LogP contribution in [0.25, 0.3) is 0 Å². The van der Waals surface area contributed by atoms with Crippen LogP contribution in [0.2, 0.25) is 0 Å². The molecule has 2 heteroatoms. The number of aliphatic hydroxyl groups is 1. The van der Waals surface area contributed by atoms with Gasteiger partial charge in [-0.25, -0.2) is 0 Å². The van der Waals surface area contributed by atoms with Crippen molar-refractivity contribution in [3.63, 3.8) is 0 Å². The van der Waals surface area contributed by atoms with Gasteiger partial charge in [-0.2, -0.15) is 0 Å². The number of nitrogens with zero attached hydrogens (tertiary/aromatic N) is 1. The van der Waals surface area contributed by atoms with E-state index in [9.17, 15) is 5.11 Å². The number of hydrogen-bond acceptors (Lipinski definition) is 2. The summed E-state index contributed by atoms with van der Waals surface area (Å²) in [6, 6.07) is 21.7. The van der Waals surface area contributed by atoms with Crippen LogP contribution in [0.1, 0.15) is 30.0 Å². The molecule has 0 unspecified atom stereocenters. The zero-order chi connectivity index (χ0) is 13.8. The Morgan fingerprint density at radius 3 is 2.00 bits per heavy atom. The van der Waals surface area contributed by atoms with Crippen LogP contribution in [0.3, 0.4) is 0 Å². The third-order valence-electron chi connectivity index (χ3n) is 4.20. The lowest BCUT2D eigenvalue weighted by atomic mass is 9.96. The van der Waals surface area contributed by atoms with Crippen LogP contribution in [-0.2, 0) is 0 Å². The largest absolute Gasteiger partial charge is 0.395 e. The molecule has 1 fully saturated rings. The smallest absolute Gasteiger partial charge is 0.0604 e. The van der Waals surface area contributed by atoms with Crippen LogP contribution in [0.5, 0.6) is 0 Å². The number of likely N-dealkylation sites (tertiary alicyclic amines) is 1. The van der Waals surface area contributed by atoms with Crippen LogP contribution < -0.4 is 0 Å². The summed E-state index contributed by atoms with van der Waals surface area (Å²) in [5.74, 6) is 0. The molecule has 0 amide bonds. The monoisotopic (exact) mass is 267 g/mol. The minimum atomic E-state index is 0.246. The molecule has 0 saturated carbocycles. The van der Waals surface area contributed by atoms with Gasteiger partial charge in [-0.15, -0.1) is 0 Å². The SMILES string of the molecule is OC[C@@H]1CCCN1C(c1ccccc1)c1ccccc1. The van der Waals surface area contributed by atoms with Crippen molar-refractivity contribution in [1.82, 2.24) is 4.90 Å². The van der Waals surface area contributed by atoms with Crippen LogP contribution in [0.4, 0.5) is 0 Å². The molecular weight excluding hydrogens is 246 g/mol. The first-order chi connectivity index (χ1) is 9.90. The van der Waals surface area contributed by atoms with Gasteiger partial charge in [0.05, 0.1) is 12.6 Å². The standard InChI is InChI=1S/C18H21NO/c20-14-17-12-7-13-19(17)18(15-8-3-1-4-9-15)16-10-5-2-6-11-16/h1-6,8-11,17-18,20H,7,12-14H2/t17-/m0/s1. The van der Waals surface area contributed by atoms with E-state index in [0.717, 1.165) is 13.0 Å². The zero-order valence-corrected chi connectivity index (χ0v) is 11.7. The fourth-order valence-corrected chi connectivity index (χ4v) is 3.24. The lowest BCUT2D eigenvalue weighted by molar-refractivity contribution is 0.134. The quantitative estimate of drug-likeness (QED) is 0.919. The summed E-state index contributed by atoms with van der Waals surface area (Å²) < 4.78 is 0. The number of hydrogen-bond donors (Lipinski definition) is 1. The number of benzene rings is 2. The number of rotatable bonds is 4. The molecule has 2 nitrogen and oxygen atoms in total. The van der Waals surface area contributed by atoms with Crippen molar-refractivity contribution in [3.05, 3.63) is 71.8 Å². The first-order valence-corrected chi connectivity index (χ1v) is 7.36. The minimum absolute atomic E-state index is 0.246. The van der Waals surface area contributed by atoms with E-state index in [1.54, 1.807) is 0 Å². The highest BCUT2D eigenvalue weighted by atomic mass is 16.3. The summed E-state index contributed by atoms with van der Waals surface area (Å²) in [6.45, 7) is 1.30. The highest BCUT2D eigenvalue weighted by Crippen LogP contribution is 2.34. The normalized spacial score (nSPS) is 19.6. The molecule has 3 rings (SSSR count). The summed E-state index contributed by atoms with van der Waals surface area (Å²) >= 11 is 0. The van der Waals surface area contributed by atoms with Gasteiger partial charge in [-0.3, -0.25) is 4.90 Å². The zero-order valence-electron chi connectivity index (χ0n) is 11.7. The van der Waals surface area contributed by atoms with Crippen molar-refractivity contribution in [3.8, 4) is 0 Å². The second kappa shape index (κ2) is 6.21. The maximum atomic E-state index is 9.64. The van der Waals surface area contributed by atoms with Gasteiger partial charge in [-0.1, -0.05) is 60.7 Å². The van der Waals surface area contributed by atoms with Gasteiger partial charge in [0.15, 0.2) is 0 Å². The molecule has 1 aliphatic rings. The summed E-state index contributed by atoms with van der Waals surface area (Å²) in [5.41, 5.74) is 2.61.